The molecule has 2 aromatic carbocycles. The zero-order valence-corrected chi connectivity index (χ0v) is 20.5. The number of fused-ring (bicyclic) bond motifs is 2. The van der Waals surface area contributed by atoms with Crippen molar-refractivity contribution in [1.82, 2.24) is 4.90 Å². The average molecular weight is 489 g/mol. The quantitative estimate of drug-likeness (QED) is 0.647. The zero-order chi connectivity index (χ0) is 22.8. The molecular weight excluding hydrogens is 455 g/mol. The Bertz CT molecular complexity index is 991. The lowest BCUT2D eigenvalue weighted by Crippen LogP contribution is -3.00. The van der Waals surface area contributed by atoms with Gasteiger partial charge in [-0.2, -0.15) is 0 Å². The number of amides is 1. The molecule has 3 heterocycles. The second-order valence-corrected chi connectivity index (χ2v) is 9.67. The fraction of sp³-hybridized carbons (Fsp3) is 0.519. The largest absolute Gasteiger partial charge is 1.00 e. The van der Waals surface area contributed by atoms with E-state index in [0.717, 1.165) is 49.4 Å². The summed E-state index contributed by atoms with van der Waals surface area (Å²) in [6.07, 6.45) is 2.98. The van der Waals surface area contributed by atoms with Crippen molar-refractivity contribution in [2.75, 3.05) is 40.0 Å². The number of para-hydroxylation sites is 1. The van der Waals surface area contributed by atoms with E-state index in [0.29, 0.717) is 25.5 Å². The third-order valence-electron chi connectivity index (χ3n) is 8.12. The number of piperidine rings is 1. The van der Waals surface area contributed by atoms with Crippen molar-refractivity contribution in [1.29, 1.82) is 0 Å². The lowest BCUT2D eigenvalue weighted by atomic mass is 9.68. The van der Waals surface area contributed by atoms with Gasteiger partial charge in [0.05, 0.1) is 38.9 Å². The van der Waals surface area contributed by atoms with Gasteiger partial charge in [-0.3, -0.25) is 9.18 Å². The van der Waals surface area contributed by atoms with E-state index >= 15 is 0 Å². The molecule has 1 spiro atoms. The number of hydrogen-bond donors (Lipinski definition) is 1. The number of alkyl halides is 1. The van der Waals surface area contributed by atoms with Crippen LogP contribution in [0.4, 0.5) is 4.39 Å². The molecule has 34 heavy (non-hydrogen) atoms. The van der Waals surface area contributed by atoms with E-state index in [4.69, 9.17) is 9.47 Å². The highest BCUT2D eigenvalue weighted by Crippen LogP contribution is 2.49. The average Bonchev–Trinajstić information content (AvgIpc) is 3.28. The van der Waals surface area contributed by atoms with Crippen molar-refractivity contribution in [3.05, 3.63) is 59.7 Å². The van der Waals surface area contributed by atoms with Crippen LogP contribution in [0.25, 0.3) is 0 Å². The highest BCUT2D eigenvalue weighted by Gasteiger charge is 2.55. The molecule has 0 aliphatic carbocycles. The topological polar surface area (TPSA) is 55.4 Å². The van der Waals surface area contributed by atoms with Gasteiger partial charge < -0.3 is 32.1 Å². The maximum atomic E-state index is 14.1. The molecule has 3 aliphatic rings. The summed E-state index contributed by atoms with van der Waals surface area (Å²) in [5.41, 5.74) is 2.11. The van der Waals surface area contributed by atoms with Gasteiger partial charge in [0.15, 0.2) is 11.5 Å². The highest BCUT2D eigenvalue weighted by molar-refractivity contribution is 5.82. The molecule has 2 fully saturated rings. The number of benzene rings is 2. The molecule has 2 N–H and O–H groups in total. The van der Waals surface area contributed by atoms with Crippen LogP contribution in [0.3, 0.4) is 0 Å². The molecule has 7 heteroatoms. The molecule has 2 unspecified atom stereocenters. The normalized spacial score (nSPS) is 28.1. The number of hydrogen-bond acceptors (Lipinski definition) is 3. The van der Waals surface area contributed by atoms with E-state index in [1.807, 2.05) is 23.1 Å². The van der Waals surface area contributed by atoms with E-state index < -0.39 is 6.67 Å². The van der Waals surface area contributed by atoms with Crippen molar-refractivity contribution in [2.45, 2.75) is 43.1 Å². The molecule has 0 bridgehead atoms. The van der Waals surface area contributed by atoms with Crippen molar-refractivity contribution >= 4 is 5.91 Å². The predicted octanol–water partition coefficient (Wildman–Crippen LogP) is 0.0471. The Labute approximate surface area is 207 Å². The maximum absolute atomic E-state index is 14.1. The third kappa shape index (κ3) is 4.27. The molecule has 184 valence electrons. The summed E-state index contributed by atoms with van der Waals surface area (Å²) in [5, 5.41) is 2.26. The molecule has 0 radical (unpaired) electrons. The predicted molar refractivity (Wildman–Crippen MR) is 124 cm³/mol. The molecule has 4 atom stereocenters. The lowest BCUT2D eigenvalue weighted by Gasteiger charge is -2.44. The van der Waals surface area contributed by atoms with Gasteiger partial charge in [-0.15, -0.1) is 0 Å². The fourth-order valence-electron chi connectivity index (χ4n) is 6.44. The van der Waals surface area contributed by atoms with Crippen LogP contribution >= 0.6 is 0 Å². The Hall–Kier alpha value is -2.31. The summed E-state index contributed by atoms with van der Waals surface area (Å²) in [6.45, 7) is 2.50. The number of likely N-dealkylation sites (tertiary alicyclic amines) is 1. The Kier molecular flexibility index (Phi) is 7.68. The van der Waals surface area contributed by atoms with E-state index in [1.165, 1.54) is 5.56 Å². The summed E-state index contributed by atoms with van der Waals surface area (Å²) >= 11 is 0. The summed E-state index contributed by atoms with van der Waals surface area (Å²) < 4.78 is 25.1. The van der Waals surface area contributed by atoms with Crippen LogP contribution in [0.1, 0.15) is 42.7 Å². The number of methoxy groups -OCH3 is 1. The van der Waals surface area contributed by atoms with Gasteiger partial charge in [0.25, 0.3) is 0 Å². The fourth-order valence-corrected chi connectivity index (χ4v) is 6.44. The SMILES string of the molecule is COc1cccc2c1OCC[C@]21C[NH2+]C[C@H]1C(=O)N1CCC(c2ccccc2)CC1CCF.[Cl-]. The Morgan fingerprint density at radius 2 is 2.06 bits per heavy atom. The van der Waals surface area contributed by atoms with Crippen LogP contribution in [-0.2, 0) is 10.2 Å². The summed E-state index contributed by atoms with van der Waals surface area (Å²) in [7, 11) is 1.65. The van der Waals surface area contributed by atoms with E-state index in [9.17, 15) is 9.18 Å². The van der Waals surface area contributed by atoms with E-state index in [2.05, 4.69) is 35.6 Å². The lowest BCUT2D eigenvalue weighted by molar-refractivity contribution is -0.640. The number of ether oxygens (including phenoxy) is 2. The standard InChI is InChI=1S/C27H33FN2O3.ClH/c1-32-24-9-5-8-22-25(24)33-15-12-27(22)18-29-17-23(27)26(31)30-14-11-20(16-21(30)10-13-28)19-6-3-2-4-7-19;/h2-9,20-21,23,29H,10-18H2,1H3;1H/t20?,21?,23-,27-;/m0./s1. The summed E-state index contributed by atoms with van der Waals surface area (Å²) in [6, 6.07) is 16.4. The van der Waals surface area contributed by atoms with Gasteiger partial charge in [0.2, 0.25) is 5.91 Å². The van der Waals surface area contributed by atoms with E-state index in [1.54, 1.807) is 7.11 Å². The second kappa shape index (κ2) is 10.5. The van der Waals surface area contributed by atoms with Gasteiger partial charge in [0, 0.05) is 18.2 Å². The first-order valence-electron chi connectivity index (χ1n) is 12.2. The number of carbonyl (C=O) groups excluding carboxylic acids is 1. The monoisotopic (exact) mass is 488 g/mol. The zero-order valence-electron chi connectivity index (χ0n) is 19.7. The highest BCUT2D eigenvalue weighted by atomic mass is 35.5. The maximum Gasteiger partial charge on any atom is 0.232 e. The van der Waals surface area contributed by atoms with Crippen molar-refractivity contribution in [2.24, 2.45) is 5.92 Å². The number of rotatable bonds is 5. The number of nitrogens with zero attached hydrogens (tertiary/aromatic N) is 1. The van der Waals surface area contributed by atoms with Crippen LogP contribution in [-0.4, -0.2) is 56.9 Å². The van der Waals surface area contributed by atoms with E-state index in [-0.39, 0.29) is 35.7 Å². The minimum Gasteiger partial charge on any atom is -1.00 e. The summed E-state index contributed by atoms with van der Waals surface area (Å²) in [4.78, 5) is 16.1. The molecule has 0 saturated carbocycles. The third-order valence-corrected chi connectivity index (χ3v) is 8.12. The first-order valence-corrected chi connectivity index (χ1v) is 12.2. The van der Waals surface area contributed by atoms with Crippen molar-refractivity contribution in [3.8, 4) is 11.5 Å². The smallest absolute Gasteiger partial charge is 0.232 e. The van der Waals surface area contributed by atoms with Crippen LogP contribution in [0.5, 0.6) is 11.5 Å². The second-order valence-electron chi connectivity index (χ2n) is 9.67. The summed E-state index contributed by atoms with van der Waals surface area (Å²) in [5.74, 6) is 1.93. The van der Waals surface area contributed by atoms with Gasteiger partial charge in [-0.1, -0.05) is 42.5 Å². The molecule has 3 aliphatic heterocycles. The molecule has 5 nitrogen and oxygen atoms in total. The van der Waals surface area contributed by atoms with Gasteiger partial charge >= 0.3 is 0 Å². The van der Waals surface area contributed by atoms with Crippen molar-refractivity contribution in [3.63, 3.8) is 0 Å². The van der Waals surface area contributed by atoms with Crippen LogP contribution in [0.15, 0.2) is 48.5 Å². The van der Waals surface area contributed by atoms with Gasteiger partial charge in [0.1, 0.15) is 5.92 Å². The molecule has 1 amide bonds. The Morgan fingerprint density at radius 1 is 1.24 bits per heavy atom. The molecule has 2 saturated heterocycles. The van der Waals surface area contributed by atoms with Gasteiger partial charge in [-0.05, 0) is 43.2 Å². The molecule has 5 rings (SSSR count). The van der Waals surface area contributed by atoms with Crippen molar-refractivity contribution < 1.29 is 36.4 Å². The van der Waals surface area contributed by atoms with Crippen LogP contribution in [0.2, 0.25) is 0 Å². The minimum absolute atomic E-state index is 0. The number of carbonyl (C=O) groups is 1. The van der Waals surface area contributed by atoms with Gasteiger partial charge in [-0.25, -0.2) is 0 Å². The van der Waals surface area contributed by atoms with Crippen LogP contribution in [0, 0.1) is 5.92 Å². The Morgan fingerprint density at radius 3 is 2.82 bits per heavy atom. The minimum atomic E-state index is -0.397. The molecule has 2 aromatic rings. The molecule has 0 aromatic heterocycles. The molecular formula is C27H34ClFN2O3. The number of halogens is 2. The first kappa shape index (κ1) is 24.8. The number of quaternary nitrogens is 1. The number of nitrogens with two attached hydrogens (primary N) is 1. The Balaban J connectivity index is 0.00000274. The first-order chi connectivity index (χ1) is 16.2. The van der Waals surface area contributed by atoms with Crippen LogP contribution < -0.4 is 27.2 Å².